The van der Waals surface area contributed by atoms with Gasteiger partial charge in [-0.05, 0) is 52.7 Å². The van der Waals surface area contributed by atoms with E-state index in [0.717, 1.165) is 3.57 Å². The van der Waals surface area contributed by atoms with Crippen molar-refractivity contribution in [2.24, 2.45) is 11.1 Å². The fraction of sp³-hybridized carbons (Fsp3) is 0.462. The number of carbonyl (C=O) groups excluding carboxylic acids is 1. The van der Waals surface area contributed by atoms with E-state index in [4.69, 9.17) is 17.3 Å². The summed E-state index contributed by atoms with van der Waals surface area (Å²) in [5, 5.41) is 0.490. The molecule has 19 heavy (non-hydrogen) atoms. The number of amides is 1. The van der Waals surface area contributed by atoms with Crippen LogP contribution in [-0.2, 0) is 0 Å². The number of halogens is 3. The average molecular weight is 417 g/mol. The molecule has 0 aliphatic heterocycles. The van der Waals surface area contributed by atoms with E-state index in [9.17, 15) is 4.79 Å². The zero-order chi connectivity index (χ0) is 13.9. The third-order valence-electron chi connectivity index (χ3n) is 2.73. The van der Waals surface area contributed by atoms with Crippen LogP contribution in [0, 0.1) is 8.99 Å². The smallest absolute Gasteiger partial charge is 0.255 e. The van der Waals surface area contributed by atoms with Gasteiger partial charge in [-0.3, -0.25) is 4.79 Å². The molecule has 0 aromatic heterocycles. The second kappa shape index (κ2) is 7.67. The van der Waals surface area contributed by atoms with Crippen molar-refractivity contribution in [2.45, 2.75) is 13.8 Å². The van der Waals surface area contributed by atoms with Crippen LogP contribution in [0.4, 0.5) is 0 Å². The third kappa shape index (κ3) is 5.45. The molecule has 0 radical (unpaired) electrons. The molecule has 0 saturated carbocycles. The van der Waals surface area contributed by atoms with Crippen molar-refractivity contribution < 1.29 is 4.79 Å². The molecule has 0 atom stereocenters. The third-order valence-corrected chi connectivity index (χ3v) is 3.71. The molecule has 1 aromatic rings. The van der Waals surface area contributed by atoms with Gasteiger partial charge in [-0.2, -0.15) is 0 Å². The van der Waals surface area contributed by atoms with Crippen molar-refractivity contribution in [3.63, 3.8) is 0 Å². The fourth-order valence-corrected chi connectivity index (χ4v) is 2.58. The minimum absolute atomic E-state index is 0. The fourth-order valence-electron chi connectivity index (χ4n) is 1.65. The van der Waals surface area contributed by atoms with Gasteiger partial charge in [0.15, 0.2) is 0 Å². The van der Waals surface area contributed by atoms with E-state index in [-0.39, 0.29) is 23.7 Å². The molecule has 0 heterocycles. The predicted octanol–water partition coefficient (Wildman–Crippen LogP) is 3.42. The molecule has 108 valence electrons. The van der Waals surface area contributed by atoms with Crippen molar-refractivity contribution in [1.29, 1.82) is 0 Å². The summed E-state index contributed by atoms with van der Waals surface area (Å²) in [6, 6.07) is 5.43. The summed E-state index contributed by atoms with van der Waals surface area (Å²) in [6.07, 6.45) is 0. The number of nitrogens with two attached hydrogens (primary N) is 1. The summed E-state index contributed by atoms with van der Waals surface area (Å²) in [5.41, 5.74) is 6.12. The van der Waals surface area contributed by atoms with E-state index in [1.807, 2.05) is 19.9 Å². The number of benzene rings is 1. The molecule has 0 aliphatic carbocycles. The zero-order valence-corrected chi connectivity index (χ0v) is 15.0. The average Bonchev–Trinajstić information content (AvgIpc) is 2.27. The quantitative estimate of drug-likeness (QED) is 0.764. The molecular weight excluding hydrogens is 398 g/mol. The number of nitrogens with zero attached hydrogens (tertiary/aromatic N) is 1. The van der Waals surface area contributed by atoms with Crippen molar-refractivity contribution in [3.8, 4) is 0 Å². The number of carbonyl (C=O) groups is 1. The van der Waals surface area contributed by atoms with Crippen LogP contribution in [0.25, 0.3) is 0 Å². The number of hydrogen-bond acceptors (Lipinski definition) is 2. The van der Waals surface area contributed by atoms with E-state index in [1.54, 1.807) is 24.1 Å². The monoisotopic (exact) mass is 416 g/mol. The van der Waals surface area contributed by atoms with Gasteiger partial charge in [0.05, 0.1) is 10.6 Å². The van der Waals surface area contributed by atoms with Crippen LogP contribution in [0.15, 0.2) is 18.2 Å². The Morgan fingerprint density at radius 1 is 1.47 bits per heavy atom. The van der Waals surface area contributed by atoms with Crippen molar-refractivity contribution in [1.82, 2.24) is 4.90 Å². The molecule has 0 fully saturated rings. The maximum Gasteiger partial charge on any atom is 0.255 e. The van der Waals surface area contributed by atoms with E-state index >= 15 is 0 Å². The van der Waals surface area contributed by atoms with Crippen LogP contribution in [0.2, 0.25) is 5.02 Å². The molecule has 1 rings (SSSR count). The molecule has 1 amide bonds. The van der Waals surface area contributed by atoms with Gasteiger partial charge in [0.1, 0.15) is 0 Å². The van der Waals surface area contributed by atoms with Crippen molar-refractivity contribution in [3.05, 3.63) is 32.4 Å². The lowest BCUT2D eigenvalue weighted by atomic mass is 9.93. The van der Waals surface area contributed by atoms with Crippen LogP contribution in [0.1, 0.15) is 24.2 Å². The summed E-state index contributed by atoms with van der Waals surface area (Å²) in [7, 11) is 1.77. The summed E-state index contributed by atoms with van der Waals surface area (Å²) in [4.78, 5) is 13.9. The highest BCUT2D eigenvalue weighted by molar-refractivity contribution is 14.1. The second-order valence-corrected chi connectivity index (χ2v) is 6.81. The first kappa shape index (κ1) is 19.0. The van der Waals surface area contributed by atoms with Crippen LogP contribution in [0.3, 0.4) is 0 Å². The van der Waals surface area contributed by atoms with Crippen molar-refractivity contribution in [2.75, 3.05) is 20.1 Å². The molecule has 0 spiro atoms. The Balaban J connectivity index is 0.00000324. The lowest BCUT2D eigenvalue weighted by molar-refractivity contribution is 0.0740. The summed E-state index contributed by atoms with van der Waals surface area (Å²) < 4.78 is 1.01. The van der Waals surface area contributed by atoms with Gasteiger partial charge in [0.2, 0.25) is 0 Å². The van der Waals surface area contributed by atoms with Crippen LogP contribution in [0.5, 0.6) is 0 Å². The Kier molecular flexibility index (Phi) is 7.65. The van der Waals surface area contributed by atoms with E-state index in [0.29, 0.717) is 23.7 Å². The molecule has 0 bridgehead atoms. The zero-order valence-electron chi connectivity index (χ0n) is 11.2. The maximum atomic E-state index is 12.3. The van der Waals surface area contributed by atoms with Gasteiger partial charge in [-0.15, -0.1) is 12.4 Å². The number of hydrogen-bond donors (Lipinski definition) is 1. The van der Waals surface area contributed by atoms with E-state index in [2.05, 4.69) is 22.6 Å². The first-order valence-corrected chi connectivity index (χ1v) is 7.13. The molecule has 2 N–H and O–H groups in total. The van der Waals surface area contributed by atoms with Crippen LogP contribution < -0.4 is 5.73 Å². The highest BCUT2D eigenvalue weighted by Gasteiger charge is 2.23. The Morgan fingerprint density at radius 2 is 2.05 bits per heavy atom. The number of rotatable bonds is 4. The highest BCUT2D eigenvalue weighted by atomic mass is 127. The lowest BCUT2D eigenvalue weighted by Gasteiger charge is -2.29. The lowest BCUT2D eigenvalue weighted by Crippen LogP contribution is -2.39. The van der Waals surface area contributed by atoms with E-state index in [1.165, 1.54) is 0 Å². The van der Waals surface area contributed by atoms with Crippen molar-refractivity contribution >= 4 is 52.5 Å². The Morgan fingerprint density at radius 3 is 2.53 bits per heavy atom. The molecule has 0 saturated heterocycles. The van der Waals surface area contributed by atoms with Crippen LogP contribution in [-0.4, -0.2) is 30.9 Å². The van der Waals surface area contributed by atoms with Gasteiger partial charge < -0.3 is 10.6 Å². The largest absolute Gasteiger partial charge is 0.341 e. The minimum atomic E-state index is -0.0971. The molecule has 3 nitrogen and oxygen atoms in total. The first-order valence-electron chi connectivity index (χ1n) is 5.67. The first-order chi connectivity index (χ1) is 8.26. The standard InChI is InChI=1S/C13H18ClIN2O.ClH/c1-13(2,7-16)8-17(3)12(18)10-5-4-9(15)6-11(10)14;/h4-6H,7-8,16H2,1-3H3;1H. The maximum absolute atomic E-state index is 12.3. The van der Waals surface area contributed by atoms with Gasteiger partial charge in [-0.25, -0.2) is 0 Å². The Labute approximate surface area is 139 Å². The van der Waals surface area contributed by atoms with Gasteiger partial charge >= 0.3 is 0 Å². The topological polar surface area (TPSA) is 46.3 Å². The SMILES string of the molecule is CN(CC(C)(C)CN)C(=O)c1ccc(I)cc1Cl.Cl. The summed E-state index contributed by atoms with van der Waals surface area (Å²) in [6.45, 7) is 5.20. The Hall–Kier alpha value is -0.0400. The molecule has 0 aliphatic rings. The molecule has 0 unspecified atom stereocenters. The Bertz CT molecular complexity index is 452. The normalized spacial score (nSPS) is 10.8. The molecule has 6 heteroatoms. The van der Waals surface area contributed by atoms with Gasteiger partial charge in [0.25, 0.3) is 5.91 Å². The summed E-state index contributed by atoms with van der Waals surface area (Å²) in [5.74, 6) is -0.0714. The van der Waals surface area contributed by atoms with Gasteiger partial charge in [0, 0.05) is 17.2 Å². The van der Waals surface area contributed by atoms with Gasteiger partial charge in [-0.1, -0.05) is 25.4 Å². The molecule has 1 aromatic carbocycles. The summed E-state index contributed by atoms with van der Waals surface area (Å²) >= 11 is 8.26. The van der Waals surface area contributed by atoms with Crippen LogP contribution >= 0.6 is 46.6 Å². The minimum Gasteiger partial charge on any atom is -0.341 e. The highest BCUT2D eigenvalue weighted by Crippen LogP contribution is 2.22. The second-order valence-electron chi connectivity index (χ2n) is 5.15. The molecular formula is C13H19Cl2IN2O. The van der Waals surface area contributed by atoms with E-state index < -0.39 is 0 Å². The predicted molar refractivity (Wildman–Crippen MR) is 91.2 cm³/mol.